The molecule has 6 nitrogen and oxygen atoms in total. The first-order chi connectivity index (χ1) is 13.0. The van der Waals surface area contributed by atoms with Gasteiger partial charge in [-0.1, -0.05) is 0 Å². The van der Waals surface area contributed by atoms with Gasteiger partial charge in [0.1, 0.15) is 5.75 Å². The number of ether oxygens (including phenoxy) is 1. The molecule has 2 rings (SSSR count). The molecule has 0 heterocycles. The Kier molecular flexibility index (Phi) is 6.56. The van der Waals surface area contributed by atoms with Gasteiger partial charge in [-0.05, 0) is 42.5 Å². The first kappa shape index (κ1) is 21.6. The Morgan fingerprint density at radius 1 is 1.00 bits per heavy atom. The molecule has 2 aromatic rings. The second-order valence-electron chi connectivity index (χ2n) is 5.34. The number of amides is 1. The van der Waals surface area contributed by atoms with Gasteiger partial charge < -0.3 is 10.1 Å². The summed E-state index contributed by atoms with van der Waals surface area (Å²) < 4.78 is 91.8. The number of hydrogen-bond acceptors (Lipinski definition) is 4. The van der Waals surface area contributed by atoms with Crippen LogP contribution in [0.4, 0.5) is 27.6 Å². The van der Waals surface area contributed by atoms with Crippen molar-refractivity contribution in [2.75, 3.05) is 11.9 Å². The molecule has 0 aliphatic heterocycles. The van der Waals surface area contributed by atoms with Gasteiger partial charge in [0.2, 0.25) is 15.9 Å². The topological polar surface area (TPSA) is 84.5 Å². The fraction of sp³-hybridized carbons (Fsp3) is 0.188. The highest BCUT2D eigenvalue weighted by Gasteiger charge is 2.30. The van der Waals surface area contributed by atoms with E-state index < -0.39 is 44.6 Å². The monoisotopic (exact) mass is 424 g/mol. The summed E-state index contributed by atoms with van der Waals surface area (Å²) in [6.45, 7) is -0.345. The summed E-state index contributed by atoms with van der Waals surface area (Å²) in [5, 5.41) is 2.35. The fourth-order valence-electron chi connectivity index (χ4n) is 1.99. The van der Waals surface area contributed by atoms with Crippen LogP contribution in [0.15, 0.2) is 47.4 Å². The molecule has 1 amide bonds. The standard InChI is InChI=1S/C16H13F5N2O4S/c17-13-6-5-12(9-14(13)18)28(25,26)22-8-7-15(24)23-10-1-3-11(4-2-10)27-16(19,20)21/h1-6,9,22H,7-8H2,(H,23,24). The van der Waals surface area contributed by atoms with Crippen LogP contribution >= 0.6 is 0 Å². The van der Waals surface area contributed by atoms with Crippen LogP contribution in [0.3, 0.4) is 0 Å². The molecule has 0 saturated heterocycles. The molecule has 0 unspecified atom stereocenters. The van der Waals surface area contributed by atoms with Gasteiger partial charge >= 0.3 is 6.36 Å². The summed E-state index contributed by atoms with van der Waals surface area (Å²) in [6, 6.07) is 6.36. The minimum atomic E-state index is -4.84. The van der Waals surface area contributed by atoms with Crippen LogP contribution in [0.25, 0.3) is 0 Å². The van der Waals surface area contributed by atoms with Gasteiger partial charge in [0.05, 0.1) is 4.90 Å². The number of rotatable bonds is 7. The molecule has 2 N–H and O–H groups in total. The summed E-state index contributed by atoms with van der Waals surface area (Å²) in [5.74, 6) is -3.63. The Labute approximate surface area is 156 Å². The van der Waals surface area contributed by atoms with E-state index in [2.05, 4.69) is 14.8 Å². The number of halogens is 5. The van der Waals surface area contributed by atoms with Gasteiger partial charge in [-0.25, -0.2) is 21.9 Å². The van der Waals surface area contributed by atoms with Crippen molar-refractivity contribution in [1.82, 2.24) is 4.72 Å². The van der Waals surface area contributed by atoms with Crippen molar-refractivity contribution >= 4 is 21.6 Å². The maximum absolute atomic E-state index is 13.1. The molecular formula is C16H13F5N2O4S. The van der Waals surface area contributed by atoms with E-state index in [0.29, 0.717) is 12.1 Å². The third-order valence-electron chi connectivity index (χ3n) is 3.22. The van der Waals surface area contributed by atoms with E-state index in [0.717, 1.165) is 18.2 Å². The van der Waals surface area contributed by atoms with Crippen LogP contribution in [0.2, 0.25) is 0 Å². The number of hydrogen-bond donors (Lipinski definition) is 2. The Morgan fingerprint density at radius 3 is 2.21 bits per heavy atom. The number of sulfonamides is 1. The van der Waals surface area contributed by atoms with E-state index in [1.54, 1.807) is 0 Å². The highest BCUT2D eigenvalue weighted by atomic mass is 32.2. The van der Waals surface area contributed by atoms with Gasteiger partial charge in [-0.3, -0.25) is 4.79 Å². The average Bonchev–Trinajstić information content (AvgIpc) is 2.57. The van der Waals surface area contributed by atoms with Crippen LogP contribution in [0.1, 0.15) is 6.42 Å². The molecule has 0 saturated carbocycles. The molecule has 152 valence electrons. The van der Waals surface area contributed by atoms with Crippen molar-refractivity contribution < 1.29 is 39.9 Å². The molecular weight excluding hydrogens is 411 g/mol. The maximum Gasteiger partial charge on any atom is 0.573 e. The zero-order chi connectivity index (χ0) is 20.9. The lowest BCUT2D eigenvalue weighted by Crippen LogP contribution is -2.28. The summed E-state index contributed by atoms with van der Waals surface area (Å²) in [5.41, 5.74) is 0.169. The predicted molar refractivity (Wildman–Crippen MR) is 87.9 cm³/mol. The van der Waals surface area contributed by atoms with E-state index in [9.17, 15) is 35.2 Å². The van der Waals surface area contributed by atoms with Crippen LogP contribution < -0.4 is 14.8 Å². The zero-order valence-corrected chi connectivity index (χ0v) is 14.7. The fourth-order valence-corrected chi connectivity index (χ4v) is 3.03. The Morgan fingerprint density at radius 2 is 1.64 bits per heavy atom. The second kappa shape index (κ2) is 8.52. The van der Waals surface area contributed by atoms with E-state index in [1.807, 2.05) is 0 Å². The number of alkyl halides is 3. The quantitative estimate of drug-likeness (QED) is 0.669. The van der Waals surface area contributed by atoms with E-state index in [-0.39, 0.29) is 18.7 Å². The maximum atomic E-state index is 13.1. The normalized spacial score (nSPS) is 11.9. The van der Waals surface area contributed by atoms with E-state index in [1.165, 1.54) is 12.1 Å². The van der Waals surface area contributed by atoms with Crippen LogP contribution in [-0.4, -0.2) is 27.2 Å². The van der Waals surface area contributed by atoms with Crippen molar-refractivity contribution in [3.05, 3.63) is 54.1 Å². The SMILES string of the molecule is O=C(CCNS(=O)(=O)c1ccc(F)c(F)c1)Nc1ccc(OC(F)(F)F)cc1. The number of benzene rings is 2. The molecule has 0 atom stereocenters. The van der Waals surface area contributed by atoms with Gasteiger partial charge in [0, 0.05) is 18.7 Å². The molecule has 0 aliphatic rings. The predicted octanol–water partition coefficient (Wildman–Crippen LogP) is 3.17. The number of anilines is 1. The van der Waals surface area contributed by atoms with Crippen molar-refractivity contribution in [1.29, 1.82) is 0 Å². The largest absolute Gasteiger partial charge is 0.573 e. The van der Waals surface area contributed by atoms with Gasteiger partial charge in [-0.2, -0.15) is 0 Å². The highest BCUT2D eigenvalue weighted by Crippen LogP contribution is 2.24. The molecule has 0 bridgehead atoms. The second-order valence-corrected chi connectivity index (χ2v) is 7.11. The molecule has 12 heteroatoms. The third kappa shape index (κ3) is 6.46. The third-order valence-corrected chi connectivity index (χ3v) is 4.68. The van der Waals surface area contributed by atoms with Crippen molar-refractivity contribution in [3.63, 3.8) is 0 Å². The van der Waals surface area contributed by atoms with Crippen molar-refractivity contribution in [2.45, 2.75) is 17.7 Å². The van der Waals surface area contributed by atoms with Crippen LogP contribution in [0, 0.1) is 11.6 Å². The molecule has 28 heavy (non-hydrogen) atoms. The lowest BCUT2D eigenvalue weighted by molar-refractivity contribution is -0.274. The van der Waals surface area contributed by atoms with Gasteiger partial charge in [-0.15, -0.1) is 13.2 Å². The van der Waals surface area contributed by atoms with Crippen LogP contribution in [-0.2, 0) is 14.8 Å². The summed E-state index contributed by atoms with van der Waals surface area (Å²) in [6.07, 6.45) is -5.15. The van der Waals surface area contributed by atoms with E-state index >= 15 is 0 Å². The van der Waals surface area contributed by atoms with Crippen LogP contribution in [0.5, 0.6) is 5.75 Å². The summed E-state index contributed by atoms with van der Waals surface area (Å²) in [7, 11) is -4.15. The highest BCUT2D eigenvalue weighted by molar-refractivity contribution is 7.89. The first-order valence-corrected chi connectivity index (χ1v) is 9.05. The van der Waals surface area contributed by atoms with Gasteiger partial charge in [0.15, 0.2) is 11.6 Å². The average molecular weight is 424 g/mol. The van der Waals surface area contributed by atoms with Crippen molar-refractivity contribution in [3.8, 4) is 5.75 Å². The smallest absolute Gasteiger partial charge is 0.406 e. The lowest BCUT2D eigenvalue weighted by atomic mass is 10.3. The Balaban J connectivity index is 1.86. The molecule has 0 aliphatic carbocycles. The lowest BCUT2D eigenvalue weighted by Gasteiger charge is -2.10. The Hall–Kier alpha value is -2.73. The number of carbonyl (C=O) groups excluding carboxylic acids is 1. The minimum absolute atomic E-state index is 0.169. The first-order valence-electron chi connectivity index (χ1n) is 7.57. The van der Waals surface area contributed by atoms with E-state index in [4.69, 9.17) is 0 Å². The molecule has 0 aromatic heterocycles. The molecule has 2 aromatic carbocycles. The molecule has 0 fully saturated rings. The zero-order valence-electron chi connectivity index (χ0n) is 13.9. The number of carbonyl (C=O) groups is 1. The van der Waals surface area contributed by atoms with Crippen molar-refractivity contribution in [2.24, 2.45) is 0 Å². The molecule has 0 spiro atoms. The van der Waals surface area contributed by atoms with Gasteiger partial charge in [0.25, 0.3) is 0 Å². The Bertz CT molecular complexity index is 946. The summed E-state index contributed by atoms with van der Waals surface area (Å²) in [4.78, 5) is 11.3. The minimum Gasteiger partial charge on any atom is -0.406 e. The summed E-state index contributed by atoms with van der Waals surface area (Å²) >= 11 is 0. The molecule has 0 radical (unpaired) electrons. The number of nitrogens with one attached hydrogen (secondary N) is 2.